The molecule has 1 aliphatic rings. The average molecular weight is 277 g/mol. The summed E-state index contributed by atoms with van der Waals surface area (Å²) in [7, 11) is 0. The van der Waals surface area contributed by atoms with Crippen LogP contribution in [0.2, 0.25) is 0 Å². The molecule has 0 bridgehead atoms. The maximum Gasteiger partial charge on any atom is 0.310 e. The molecule has 0 aliphatic heterocycles. The molecule has 2 N–H and O–H groups in total. The van der Waals surface area contributed by atoms with Gasteiger partial charge in [0.15, 0.2) is 0 Å². The van der Waals surface area contributed by atoms with Gasteiger partial charge in [0.2, 0.25) is 0 Å². The fraction of sp³-hybridized carbons (Fsp3) is 0.562. The maximum absolute atomic E-state index is 11.8. The van der Waals surface area contributed by atoms with Gasteiger partial charge in [-0.1, -0.05) is 37.3 Å². The van der Waals surface area contributed by atoms with Crippen LogP contribution < -0.4 is 5.32 Å². The van der Waals surface area contributed by atoms with E-state index in [0.29, 0.717) is 19.1 Å². The quantitative estimate of drug-likeness (QED) is 0.745. The van der Waals surface area contributed by atoms with Crippen LogP contribution >= 0.6 is 0 Å². The van der Waals surface area contributed by atoms with Gasteiger partial charge in [-0.3, -0.25) is 4.79 Å². The van der Waals surface area contributed by atoms with E-state index in [4.69, 9.17) is 4.74 Å². The van der Waals surface area contributed by atoms with Crippen molar-refractivity contribution in [3.8, 4) is 0 Å². The first-order valence-electron chi connectivity index (χ1n) is 7.24. The normalized spacial score (nSPS) is 22.9. The van der Waals surface area contributed by atoms with Gasteiger partial charge in [0.05, 0.1) is 12.0 Å². The summed E-state index contributed by atoms with van der Waals surface area (Å²) in [6.45, 7) is 3.70. The molecule has 1 aromatic carbocycles. The number of hydrogen-bond donors (Lipinski definition) is 2. The van der Waals surface area contributed by atoms with Gasteiger partial charge in [0.1, 0.15) is 6.61 Å². The van der Waals surface area contributed by atoms with Crippen molar-refractivity contribution in [2.75, 3.05) is 13.1 Å². The number of esters is 1. The number of ether oxygens (including phenoxy) is 1. The molecule has 1 unspecified atom stereocenters. The fourth-order valence-corrected chi connectivity index (χ4v) is 2.33. The van der Waals surface area contributed by atoms with E-state index in [-0.39, 0.29) is 18.0 Å². The van der Waals surface area contributed by atoms with E-state index in [0.717, 1.165) is 24.9 Å². The Hall–Kier alpha value is -1.39. The molecule has 20 heavy (non-hydrogen) atoms. The van der Waals surface area contributed by atoms with Crippen molar-refractivity contribution in [2.45, 2.75) is 32.5 Å². The van der Waals surface area contributed by atoms with Crippen molar-refractivity contribution in [2.24, 2.45) is 11.8 Å². The zero-order chi connectivity index (χ0) is 14.4. The first-order valence-corrected chi connectivity index (χ1v) is 7.24. The van der Waals surface area contributed by atoms with Crippen LogP contribution in [-0.2, 0) is 16.1 Å². The Bertz CT molecular complexity index is 415. The summed E-state index contributed by atoms with van der Waals surface area (Å²) in [5, 5.41) is 12.5. The van der Waals surface area contributed by atoms with E-state index in [1.807, 2.05) is 37.3 Å². The number of nitrogens with one attached hydrogen (secondary N) is 1. The van der Waals surface area contributed by atoms with Gasteiger partial charge in [-0.15, -0.1) is 0 Å². The van der Waals surface area contributed by atoms with Crippen LogP contribution in [0, 0.1) is 11.8 Å². The van der Waals surface area contributed by atoms with Gasteiger partial charge in [-0.2, -0.15) is 0 Å². The van der Waals surface area contributed by atoms with Gasteiger partial charge in [-0.25, -0.2) is 0 Å². The Kier molecular flexibility index (Phi) is 5.56. The Morgan fingerprint density at radius 3 is 2.75 bits per heavy atom. The van der Waals surface area contributed by atoms with Crippen molar-refractivity contribution >= 4 is 5.97 Å². The molecule has 0 aromatic heterocycles. The Morgan fingerprint density at radius 1 is 1.40 bits per heavy atom. The zero-order valence-corrected chi connectivity index (χ0v) is 11.9. The lowest BCUT2D eigenvalue weighted by molar-refractivity contribution is -0.149. The standard InChI is InChI=1S/C16H23NO3/c1-12(9-17-10-14-7-15(18)8-14)16(19)20-11-13-5-3-2-4-6-13/h2-6,12,14-15,17-18H,7-11H2,1H3. The predicted octanol–water partition coefficient (Wildman–Crippen LogP) is 1.73. The second-order valence-corrected chi connectivity index (χ2v) is 5.64. The minimum atomic E-state index is -0.171. The summed E-state index contributed by atoms with van der Waals surface area (Å²) in [6, 6.07) is 9.69. The van der Waals surface area contributed by atoms with Crippen LogP contribution in [0.4, 0.5) is 0 Å². The van der Waals surface area contributed by atoms with Gasteiger partial charge < -0.3 is 15.2 Å². The van der Waals surface area contributed by atoms with E-state index in [1.54, 1.807) is 0 Å². The Balaban J connectivity index is 1.59. The molecule has 2 rings (SSSR count). The highest BCUT2D eigenvalue weighted by Gasteiger charge is 2.26. The first-order chi connectivity index (χ1) is 9.65. The smallest absolute Gasteiger partial charge is 0.310 e. The molecule has 1 atom stereocenters. The Morgan fingerprint density at radius 2 is 2.10 bits per heavy atom. The first kappa shape index (κ1) is 15.0. The van der Waals surface area contributed by atoms with Crippen LogP contribution in [-0.4, -0.2) is 30.3 Å². The van der Waals surface area contributed by atoms with Gasteiger partial charge in [-0.05, 0) is 30.9 Å². The highest BCUT2D eigenvalue weighted by molar-refractivity contribution is 5.72. The molecule has 110 valence electrons. The van der Waals surface area contributed by atoms with E-state index in [9.17, 15) is 9.90 Å². The van der Waals surface area contributed by atoms with Gasteiger partial charge in [0, 0.05) is 6.54 Å². The molecule has 1 aromatic rings. The van der Waals surface area contributed by atoms with Crippen LogP contribution in [0.5, 0.6) is 0 Å². The molecular formula is C16H23NO3. The van der Waals surface area contributed by atoms with E-state index in [1.165, 1.54) is 0 Å². The van der Waals surface area contributed by atoms with Crippen molar-refractivity contribution < 1.29 is 14.6 Å². The largest absolute Gasteiger partial charge is 0.461 e. The van der Waals surface area contributed by atoms with E-state index >= 15 is 0 Å². The number of aliphatic hydroxyl groups is 1. The second-order valence-electron chi connectivity index (χ2n) is 5.64. The zero-order valence-electron chi connectivity index (χ0n) is 11.9. The summed E-state index contributed by atoms with van der Waals surface area (Å²) in [6.07, 6.45) is 1.63. The lowest BCUT2D eigenvalue weighted by Crippen LogP contribution is -2.38. The predicted molar refractivity (Wildman–Crippen MR) is 77.0 cm³/mol. The minimum Gasteiger partial charge on any atom is -0.461 e. The highest BCUT2D eigenvalue weighted by Crippen LogP contribution is 2.26. The number of hydrogen-bond acceptors (Lipinski definition) is 4. The van der Waals surface area contributed by atoms with Crippen LogP contribution in [0.15, 0.2) is 30.3 Å². The monoisotopic (exact) mass is 277 g/mol. The van der Waals surface area contributed by atoms with Crippen LogP contribution in [0.3, 0.4) is 0 Å². The molecule has 4 nitrogen and oxygen atoms in total. The molecule has 1 aliphatic carbocycles. The lowest BCUT2D eigenvalue weighted by atomic mass is 9.82. The molecule has 0 saturated heterocycles. The summed E-state index contributed by atoms with van der Waals surface area (Å²) in [4.78, 5) is 11.8. The number of carbonyl (C=O) groups is 1. The van der Waals surface area contributed by atoms with Crippen LogP contribution in [0.1, 0.15) is 25.3 Å². The molecular weight excluding hydrogens is 254 g/mol. The third-order valence-corrected chi connectivity index (χ3v) is 3.72. The molecule has 0 radical (unpaired) electrons. The molecule has 1 saturated carbocycles. The van der Waals surface area contributed by atoms with Crippen molar-refractivity contribution in [1.82, 2.24) is 5.32 Å². The third kappa shape index (κ3) is 4.62. The highest BCUT2D eigenvalue weighted by atomic mass is 16.5. The summed E-state index contributed by atoms with van der Waals surface area (Å²) in [5.74, 6) is 0.233. The van der Waals surface area contributed by atoms with Gasteiger partial charge >= 0.3 is 5.97 Å². The second kappa shape index (κ2) is 7.41. The topological polar surface area (TPSA) is 58.6 Å². The van der Waals surface area contributed by atoms with E-state index < -0.39 is 0 Å². The molecule has 4 heteroatoms. The summed E-state index contributed by atoms with van der Waals surface area (Å²) in [5.41, 5.74) is 1.00. The third-order valence-electron chi connectivity index (χ3n) is 3.72. The van der Waals surface area contributed by atoms with E-state index in [2.05, 4.69) is 5.32 Å². The van der Waals surface area contributed by atoms with Crippen molar-refractivity contribution in [3.05, 3.63) is 35.9 Å². The lowest BCUT2D eigenvalue weighted by Gasteiger charge is -2.31. The molecule has 0 amide bonds. The Labute approximate surface area is 120 Å². The number of carbonyl (C=O) groups excluding carboxylic acids is 1. The maximum atomic E-state index is 11.8. The fourth-order valence-electron chi connectivity index (χ4n) is 2.33. The number of aliphatic hydroxyl groups excluding tert-OH is 1. The minimum absolute atomic E-state index is 0.116. The number of benzene rings is 1. The number of rotatable bonds is 7. The SMILES string of the molecule is CC(CNCC1CC(O)C1)C(=O)OCc1ccccc1. The summed E-state index contributed by atoms with van der Waals surface area (Å²) < 4.78 is 5.29. The summed E-state index contributed by atoms with van der Waals surface area (Å²) >= 11 is 0. The van der Waals surface area contributed by atoms with Crippen molar-refractivity contribution in [1.29, 1.82) is 0 Å². The molecule has 0 spiro atoms. The van der Waals surface area contributed by atoms with Crippen LogP contribution in [0.25, 0.3) is 0 Å². The average Bonchev–Trinajstić information content (AvgIpc) is 2.43. The van der Waals surface area contributed by atoms with Crippen molar-refractivity contribution in [3.63, 3.8) is 0 Å². The molecule has 1 fully saturated rings. The molecule has 0 heterocycles. The van der Waals surface area contributed by atoms with Gasteiger partial charge in [0.25, 0.3) is 0 Å².